The quantitative estimate of drug-likeness (QED) is 0.169. The summed E-state index contributed by atoms with van der Waals surface area (Å²) in [6, 6.07) is 68.1. The third-order valence-corrected chi connectivity index (χ3v) is 13.2. The molecule has 0 aliphatic heterocycles. The molecule has 4 heteroatoms. The van der Waals surface area contributed by atoms with E-state index in [4.69, 9.17) is 9.97 Å². The van der Waals surface area contributed by atoms with Gasteiger partial charge in [0.2, 0.25) is 0 Å². The van der Waals surface area contributed by atoms with Crippen LogP contribution in [0.15, 0.2) is 194 Å². The second-order valence-corrected chi connectivity index (χ2v) is 16.3. The Morgan fingerprint density at radius 3 is 1.59 bits per heavy atom. The lowest BCUT2D eigenvalue weighted by molar-refractivity contribution is 1.24. The molecule has 262 valence electrons. The molecule has 0 aliphatic rings. The second-order valence-electron chi connectivity index (χ2n) is 14.2. The maximum atomic E-state index is 4.90. The molecule has 11 aromatic rings. The standard InChI is InChI=1S/C52H32N2S2/c1-3-11-33(12-4-1)35-21-23-36(24-22-35)41-28-40(34-13-5-2-6-14-34)29-42(30-41)37-25-26-48-46(31-37)50-52(56-48)49(53-32-54-50)39-16-9-15-38(27-39)43-18-10-19-45-44-17-7-8-20-47(44)55-51(43)45/h1-32H. The van der Waals surface area contributed by atoms with Crippen molar-refractivity contribution >= 4 is 63.1 Å². The van der Waals surface area contributed by atoms with Gasteiger partial charge in [-0.3, -0.25) is 0 Å². The fourth-order valence-corrected chi connectivity index (χ4v) is 10.4. The number of aromatic nitrogens is 2. The third kappa shape index (κ3) is 5.70. The van der Waals surface area contributed by atoms with Crippen LogP contribution in [0.4, 0.5) is 0 Å². The van der Waals surface area contributed by atoms with Crippen LogP contribution >= 0.6 is 22.7 Å². The Hall–Kier alpha value is -6.72. The molecule has 2 nitrogen and oxygen atoms in total. The van der Waals surface area contributed by atoms with Gasteiger partial charge in [-0.05, 0) is 98.1 Å². The van der Waals surface area contributed by atoms with Crippen molar-refractivity contribution in [2.45, 2.75) is 0 Å². The molecule has 0 unspecified atom stereocenters. The molecule has 0 saturated carbocycles. The number of nitrogens with zero attached hydrogens (tertiary/aromatic N) is 2. The number of hydrogen-bond acceptors (Lipinski definition) is 4. The summed E-state index contributed by atoms with van der Waals surface area (Å²) >= 11 is 3.64. The van der Waals surface area contributed by atoms with E-state index in [1.54, 1.807) is 17.7 Å². The third-order valence-electron chi connectivity index (χ3n) is 10.8. The van der Waals surface area contributed by atoms with Crippen molar-refractivity contribution in [3.8, 4) is 66.9 Å². The molecule has 3 aromatic heterocycles. The summed E-state index contributed by atoms with van der Waals surface area (Å²) in [6.45, 7) is 0. The minimum Gasteiger partial charge on any atom is -0.235 e. The Balaban J connectivity index is 1.01. The summed E-state index contributed by atoms with van der Waals surface area (Å²) in [5, 5.41) is 3.77. The molecule has 56 heavy (non-hydrogen) atoms. The van der Waals surface area contributed by atoms with Gasteiger partial charge >= 0.3 is 0 Å². The Kier molecular flexibility index (Phi) is 7.90. The van der Waals surface area contributed by atoms with Crippen LogP contribution in [0.2, 0.25) is 0 Å². The van der Waals surface area contributed by atoms with E-state index >= 15 is 0 Å². The highest BCUT2D eigenvalue weighted by Gasteiger charge is 2.17. The maximum Gasteiger partial charge on any atom is 0.116 e. The minimum absolute atomic E-state index is 0.968. The van der Waals surface area contributed by atoms with E-state index in [9.17, 15) is 0 Å². The van der Waals surface area contributed by atoms with Crippen LogP contribution in [-0.4, -0.2) is 9.97 Å². The van der Waals surface area contributed by atoms with Crippen molar-refractivity contribution in [2.75, 3.05) is 0 Å². The van der Waals surface area contributed by atoms with Crippen LogP contribution in [-0.2, 0) is 0 Å². The normalized spacial score (nSPS) is 11.6. The molecule has 0 radical (unpaired) electrons. The zero-order valence-corrected chi connectivity index (χ0v) is 31.8. The molecule has 0 aliphatic carbocycles. The lowest BCUT2D eigenvalue weighted by atomic mass is 9.92. The molecule has 8 aromatic carbocycles. The summed E-state index contributed by atoms with van der Waals surface area (Å²) in [6.07, 6.45) is 1.73. The molecule has 0 amide bonds. The molecule has 0 bridgehead atoms. The maximum absolute atomic E-state index is 4.90. The number of rotatable bonds is 6. The van der Waals surface area contributed by atoms with Crippen molar-refractivity contribution in [3.05, 3.63) is 194 Å². The van der Waals surface area contributed by atoms with E-state index in [2.05, 4.69) is 188 Å². The van der Waals surface area contributed by atoms with Gasteiger partial charge in [0, 0.05) is 35.8 Å². The van der Waals surface area contributed by atoms with Crippen molar-refractivity contribution in [2.24, 2.45) is 0 Å². The highest BCUT2D eigenvalue weighted by molar-refractivity contribution is 7.26. The molecular weight excluding hydrogens is 717 g/mol. The van der Waals surface area contributed by atoms with E-state index in [-0.39, 0.29) is 0 Å². The number of benzene rings is 8. The Labute approximate surface area is 332 Å². The van der Waals surface area contributed by atoms with Crippen LogP contribution in [0.25, 0.3) is 107 Å². The molecule has 3 heterocycles. The Bertz CT molecular complexity index is 3230. The highest BCUT2D eigenvalue weighted by Crippen LogP contribution is 2.43. The molecule has 11 rings (SSSR count). The smallest absolute Gasteiger partial charge is 0.116 e. The van der Waals surface area contributed by atoms with Crippen molar-refractivity contribution < 1.29 is 0 Å². The Morgan fingerprint density at radius 1 is 0.304 bits per heavy atom. The summed E-state index contributed by atoms with van der Waals surface area (Å²) in [5.74, 6) is 0. The fraction of sp³-hybridized carbons (Fsp3) is 0. The molecular formula is C52H32N2S2. The van der Waals surface area contributed by atoms with E-state index in [0.29, 0.717) is 0 Å². The fourth-order valence-electron chi connectivity index (χ4n) is 8.01. The van der Waals surface area contributed by atoms with E-state index < -0.39 is 0 Å². The minimum atomic E-state index is 0.968. The Morgan fingerprint density at radius 2 is 0.821 bits per heavy atom. The summed E-state index contributed by atoms with van der Waals surface area (Å²) < 4.78 is 4.94. The molecule has 0 N–H and O–H groups in total. The van der Waals surface area contributed by atoms with E-state index in [1.165, 1.54) is 74.9 Å². The number of hydrogen-bond donors (Lipinski definition) is 0. The summed E-state index contributed by atoms with van der Waals surface area (Å²) in [5.41, 5.74) is 15.0. The average Bonchev–Trinajstić information content (AvgIpc) is 3.85. The van der Waals surface area contributed by atoms with Crippen LogP contribution in [0.3, 0.4) is 0 Å². The highest BCUT2D eigenvalue weighted by atomic mass is 32.1. The summed E-state index contributed by atoms with van der Waals surface area (Å²) in [4.78, 5) is 9.80. The summed E-state index contributed by atoms with van der Waals surface area (Å²) in [7, 11) is 0. The van der Waals surface area contributed by atoms with Gasteiger partial charge < -0.3 is 0 Å². The average molecular weight is 749 g/mol. The first kappa shape index (κ1) is 32.7. The van der Waals surface area contributed by atoms with E-state index in [1.807, 2.05) is 11.3 Å². The molecule has 0 fully saturated rings. The van der Waals surface area contributed by atoms with E-state index in [0.717, 1.165) is 32.4 Å². The van der Waals surface area contributed by atoms with Gasteiger partial charge in [-0.2, -0.15) is 0 Å². The van der Waals surface area contributed by atoms with Crippen LogP contribution in [0.5, 0.6) is 0 Å². The largest absolute Gasteiger partial charge is 0.235 e. The van der Waals surface area contributed by atoms with Crippen LogP contribution in [0, 0.1) is 0 Å². The lowest BCUT2D eigenvalue weighted by Crippen LogP contribution is -1.88. The lowest BCUT2D eigenvalue weighted by Gasteiger charge is -2.12. The van der Waals surface area contributed by atoms with Gasteiger partial charge in [-0.25, -0.2) is 9.97 Å². The van der Waals surface area contributed by atoms with Crippen molar-refractivity contribution in [3.63, 3.8) is 0 Å². The zero-order valence-electron chi connectivity index (χ0n) is 30.2. The zero-order chi connectivity index (χ0) is 37.0. The number of fused-ring (bicyclic) bond motifs is 6. The SMILES string of the molecule is c1ccc(-c2ccc(-c3cc(-c4ccccc4)cc(-c4ccc5sc6c(-c7cccc(-c8cccc9c8sc8ccccc89)c7)ncnc6c5c4)c3)cc2)cc1. The van der Waals surface area contributed by atoms with Gasteiger partial charge in [-0.1, -0.05) is 146 Å². The van der Waals surface area contributed by atoms with Crippen molar-refractivity contribution in [1.29, 1.82) is 0 Å². The van der Waals surface area contributed by atoms with Gasteiger partial charge in [0.05, 0.1) is 15.9 Å². The first-order valence-electron chi connectivity index (χ1n) is 18.8. The van der Waals surface area contributed by atoms with Gasteiger partial charge in [0.15, 0.2) is 0 Å². The molecule has 0 saturated heterocycles. The predicted molar refractivity (Wildman–Crippen MR) is 240 cm³/mol. The topological polar surface area (TPSA) is 25.8 Å². The molecule has 0 spiro atoms. The molecule has 0 atom stereocenters. The first-order valence-corrected chi connectivity index (χ1v) is 20.4. The first-order chi connectivity index (χ1) is 27.7. The van der Waals surface area contributed by atoms with Crippen LogP contribution < -0.4 is 0 Å². The number of thiophene rings is 2. The van der Waals surface area contributed by atoms with Gasteiger partial charge in [0.1, 0.15) is 6.33 Å². The predicted octanol–water partition coefficient (Wildman–Crippen LogP) is 15.2. The van der Waals surface area contributed by atoms with Gasteiger partial charge in [-0.15, -0.1) is 22.7 Å². The van der Waals surface area contributed by atoms with Crippen molar-refractivity contribution in [1.82, 2.24) is 9.97 Å². The second kappa shape index (κ2) is 13.5. The monoisotopic (exact) mass is 748 g/mol. The van der Waals surface area contributed by atoms with Crippen LogP contribution in [0.1, 0.15) is 0 Å². The van der Waals surface area contributed by atoms with Gasteiger partial charge in [0.25, 0.3) is 0 Å².